The van der Waals surface area contributed by atoms with Crippen LogP contribution in [-0.2, 0) is 11.2 Å². The first-order chi connectivity index (χ1) is 6.79. The Balaban J connectivity index is 1.94. The van der Waals surface area contributed by atoms with E-state index in [4.69, 9.17) is 9.26 Å². The molecule has 14 heavy (non-hydrogen) atoms. The number of aromatic nitrogens is 2. The van der Waals surface area contributed by atoms with Crippen LogP contribution in [0, 0.1) is 5.92 Å². The van der Waals surface area contributed by atoms with E-state index in [1.807, 2.05) is 6.92 Å². The fourth-order valence-corrected chi connectivity index (χ4v) is 1.36. The molecule has 1 N–H and O–H groups in total. The molecular weight excluding hydrogens is 182 g/mol. The summed E-state index contributed by atoms with van der Waals surface area (Å²) >= 11 is 0. The molecule has 1 aromatic rings. The summed E-state index contributed by atoms with van der Waals surface area (Å²) in [4.78, 5) is 4.27. The van der Waals surface area contributed by atoms with Gasteiger partial charge in [-0.05, 0) is 25.9 Å². The smallest absolute Gasteiger partial charge is 0.227 e. The highest BCUT2D eigenvalue weighted by atomic mass is 16.5. The Kier molecular flexibility index (Phi) is 2.79. The molecule has 1 atom stereocenters. The molecule has 0 aromatic carbocycles. The second-order valence-electron chi connectivity index (χ2n) is 3.65. The normalized spacial score (nSPS) is 19.3. The summed E-state index contributed by atoms with van der Waals surface area (Å²) in [7, 11) is 1.64. The van der Waals surface area contributed by atoms with Crippen LogP contribution in [0.5, 0.6) is 0 Å². The molecule has 78 valence electrons. The fraction of sp³-hybridized carbons (Fsp3) is 0.778. The molecule has 1 fully saturated rings. The first kappa shape index (κ1) is 9.61. The molecule has 0 spiro atoms. The third-order valence-corrected chi connectivity index (χ3v) is 2.53. The standard InChI is InChI=1S/C9H15N3O2/c1-6(13-2)9-11-8(14-12-9)3-7-4-10-5-7/h6-7,10H,3-5H2,1-2H3. The highest BCUT2D eigenvalue weighted by Gasteiger charge is 2.21. The lowest BCUT2D eigenvalue weighted by molar-refractivity contribution is 0.109. The maximum absolute atomic E-state index is 5.13. The topological polar surface area (TPSA) is 60.2 Å². The van der Waals surface area contributed by atoms with Crippen LogP contribution in [0.25, 0.3) is 0 Å². The van der Waals surface area contributed by atoms with E-state index in [0.29, 0.717) is 11.7 Å². The van der Waals surface area contributed by atoms with Gasteiger partial charge >= 0.3 is 0 Å². The quantitative estimate of drug-likeness (QED) is 0.763. The Morgan fingerprint density at radius 2 is 2.43 bits per heavy atom. The summed E-state index contributed by atoms with van der Waals surface area (Å²) < 4.78 is 10.2. The minimum absolute atomic E-state index is 0.0907. The monoisotopic (exact) mass is 197 g/mol. The van der Waals surface area contributed by atoms with E-state index < -0.39 is 0 Å². The summed E-state index contributed by atoms with van der Waals surface area (Å²) in [6.45, 7) is 4.01. The number of rotatable bonds is 4. The zero-order chi connectivity index (χ0) is 9.97. The van der Waals surface area contributed by atoms with Gasteiger partial charge in [-0.2, -0.15) is 4.98 Å². The zero-order valence-electron chi connectivity index (χ0n) is 8.49. The highest BCUT2D eigenvalue weighted by molar-refractivity contribution is 4.93. The van der Waals surface area contributed by atoms with Gasteiger partial charge in [-0.25, -0.2) is 0 Å². The van der Waals surface area contributed by atoms with Gasteiger partial charge in [0.05, 0.1) is 0 Å². The Morgan fingerprint density at radius 3 is 3.00 bits per heavy atom. The van der Waals surface area contributed by atoms with E-state index in [1.54, 1.807) is 7.11 Å². The first-order valence-electron chi connectivity index (χ1n) is 4.85. The number of hydrogen-bond acceptors (Lipinski definition) is 5. The summed E-state index contributed by atoms with van der Waals surface area (Å²) in [6.07, 6.45) is 0.781. The van der Waals surface area contributed by atoms with Crippen LogP contribution < -0.4 is 5.32 Å². The molecular formula is C9H15N3O2. The third kappa shape index (κ3) is 1.93. The Morgan fingerprint density at radius 1 is 1.64 bits per heavy atom. The number of methoxy groups -OCH3 is 1. The van der Waals surface area contributed by atoms with E-state index in [9.17, 15) is 0 Å². The summed E-state index contributed by atoms with van der Waals surface area (Å²) in [6, 6.07) is 0. The molecule has 5 heteroatoms. The molecule has 0 bridgehead atoms. The Hall–Kier alpha value is -0.940. The average Bonchev–Trinajstić information content (AvgIpc) is 2.58. The van der Waals surface area contributed by atoms with Gasteiger partial charge in [-0.3, -0.25) is 0 Å². The van der Waals surface area contributed by atoms with Crippen LogP contribution in [0.3, 0.4) is 0 Å². The second-order valence-corrected chi connectivity index (χ2v) is 3.65. The molecule has 1 saturated heterocycles. The van der Waals surface area contributed by atoms with Crippen LogP contribution in [-0.4, -0.2) is 30.3 Å². The van der Waals surface area contributed by atoms with Crippen molar-refractivity contribution in [2.75, 3.05) is 20.2 Å². The van der Waals surface area contributed by atoms with Crippen LogP contribution in [0.2, 0.25) is 0 Å². The molecule has 2 rings (SSSR count). The number of nitrogens with one attached hydrogen (secondary N) is 1. The van der Waals surface area contributed by atoms with Crippen LogP contribution >= 0.6 is 0 Å². The third-order valence-electron chi connectivity index (χ3n) is 2.53. The van der Waals surface area contributed by atoms with Gasteiger partial charge < -0.3 is 14.6 Å². The van der Waals surface area contributed by atoms with Crippen molar-refractivity contribution < 1.29 is 9.26 Å². The molecule has 0 amide bonds. The van der Waals surface area contributed by atoms with E-state index in [0.717, 1.165) is 25.4 Å². The molecule has 5 nitrogen and oxygen atoms in total. The van der Waals surface area contributed by atoms with Gasteiger partial charge in [-0.15, -0.1) is 0 Å². The van der Waals surface area contributed by atoms with Gasteiger partial charge in [0.2, 0.25) is 5.89 Å². The van der Waals surface area contributed by atoms with Crippen molar-refractivity contribution in [3.8, 4) is 0 Å². The maximum atomic E-state index is 5.13. The number of nitrogens with zero attached hydrogens (tertiary/aromatic N) is 2. The molecule has 1 unspecified atom stereocenters. The van der Waals surface area contributed by atoms with E-state index in [2.05, 4.69) is 15.5 Å². The van der Waals surface area contributed by atoms with Crippen molar-refractivity contribution in [2.24, 2.45) is 5.92 Å². The molecule has 2 heterocycles. The predicted octanol–water partition coefficient (Wildman–Crippen LogP) is 0.539. The van der Waals surface area contributed by atoms with E-state index in [1.165, 1.54) is 0 Å². The maximum Gasteiger partial charge on any atom is 0.227 e. The van der Waals surface area contributed by atoms with Gasteiger partial charge in [-0.1, -0.05) is 5.16 Å². The average molecular weight is 197 g/mol. The highest BCUT2D eigenvalue weighted by Crippen LogP contribution is 2.15. The van der Waals surface area contributed by atoms with Gasteiger partial charge in [0, 0.05) is 13.5 Å². The molecule has 1 aromatic heterocycles. The van der Waals surface area contributed by atoms with Crippen molar-refractivity contribution in [3.05, 3.63) is 11.7 Å². The van der Waals surface area contributed by atoms with Crippen molar-refractivity contribution in [1.29, 1.82) is 0 Å². The van der Waals surface area contributed by atoms with Gasteiger partial charge in [0.25, 0.3) is 0 Å². The van der Waals surface area contributed by atoms with Crippen molar-refractivity contribution in [3.63, 3.8) is 0 Å². The van der Waals surface area contributed by atoms with Crippen molar-refractivity contribution in [1.82, 2.24) is 15.5 Å². The molecule has 0 aliphatic carbocycles. The summed E-state index contributed by atoms with van der Waals surface area (Å²) in [5.41, 5.74) is 0. The second kappa shape index (κ2) is 4.06. The number of ether oxygens (including phenoxy) is 1. The first-order valence-corrected chi connectivity index (χ1v) is 4.85. The zero-order valence-corrected chi connectivity index (χ0v) is 8.49. The largest absolute Gasteiger partial charge is 0.374 e. The molecule has 0 saturated carbocycles. The lowest BCUT2D eigenvalue weighted by atomic mass is 10.00. The van der Waals surface area contributed by atoms with Gasteiger partial charge in [0.15, 0.2) is 5.82 Å². The van der Waals surface area contributed by atoms with Crippen molar-refractivity contribution >= 4 is 0 Å². The lowest BCUT2D eigenvalue weighted by Crippen LogP contribution is -2.43. The van der Waals surface area contributed by atoms with Crippen molar-refractivity contribution in [2.45, 2.75) is 19.4 Å². The Labute approximate surface area is 82.8 Å². The Bertz CT molecular complexity index is 296. The van der Waals surface area contributed by atoms with Crippen LogP contribution in [0.4, 0.5) is 0 Å². The molecule has 1 aliphatic rings. The summed E-state index contributed by atoms with van der Waals surface area (Å²) in [5, 5.41) is 7.07. The number of hydrogen-bond donors (Lipinski definition) is 1. The summed E-state index contributed by atoms with van der Waals surface area (Å²) in [5.74, 6) is 2.01. The fourth-order valence-electron chi connectivity index (χ4n) is 1.36. The minimum atomic E-state index is -0.0907. The van der Waals surface area contributed by atoms with Crippen LogP contribution in [0.1, 0.15) is 24.7 Å². The lowest BCUT2D eigenvalue weighted by Gasteiger charge is -2.25. The minimum Gasteiger partial charge on any atom is -0.374 e. The molecule has 0 radical (unpaired) electrons. The van der Waals surface area contributed by atoms with E-state index >= 15 is 0 Å². The molecule has 1 aliphatic heterocycles. The predicted molar refractivity (Wildman–Crippen MR) is 49.8 cm³/mol. The SMILES string of the molecule is COC(C)c1noc(CC2CNC2)n1. The van der Waals surface area contributed by atoms with E-state index in [-0.39, 0.29) is 6.10 Å². The van der Waals surface area contributed by atoms with Crippen LogP contribution in [0.15, 0.2) is 4.52 Å². The van der Waals surface area contributed by atoms with Gasteiger partial charge in [0.1, 0.15) is 6.10 Å².